The Morgan fingerprint density at radius 2 is 3.00 bits per heavy atom. The number of carboxylic acid groups (broad SMARTS) is 1. The quantitative estimate of drug-likeness (QED) is 0.469. The highest BCUT2D eigenvalue weighted by Crippen LogP contribution is 1.88. The minimum absolute atomic E-state index is 0.190. The van der Waals surface area contributed by atoms with Gasteiger partial charge in [0.05, 0.1) is 1.37 Å². The predicted octanol–water partition coefficient (Wildman–Crippen LogP) is -0.282. The third-order valence-corrected chi connectivity index (χ3v) is 0.686. The number of carbonyl (C=O) groups is 1. The lowest BCUT2D eigenvalue weighted by molar-refractivity contribution is -0.138. The second-order valence-electron chi connectivity index (χ2n) is 1.08. The van der Waals surface area contributed by atoms with Crippen molar-refractivity contribution in [3.8, 4) is 0 Å². The van der Waals surface area contributed by atoms with Crippen LogP contribution in [0.25, 0.3) is 0 Å². The van der Waals surface area contributed by atoms with Crippen LogP contribution in [0.5, 0.6) is 0 Å². The molecule has 0 saturated heterocycles. The molecule has 0 spiro atoms. The lowest BCUT2D eigenvalue weighted by Gasteiger charge is -2.00. The first-order valence-corrected chi connectivity index (χ1v) is 2.55. The highest BCUT2D eigenvalue weighted by molar-refractivity contribution is 7.80. The number of aliphatic carboxylic acids is 1. The van der Waals surface area contributed by atoms with Gasteiger partial charge < -0.3 is 10.8 Å². The average Bonchev–Trinajstić information content (AvgIpc) is 2.00. The number of rotatable bonds is 4. The van der Waals surface area contributed by atoms with Crippen LogP contribution in [0.15, 0.2) is 0 Å². The van der Waals surface area contributed by atoms with Gasteiger partial charge in [0, 0.05) is 1.37 Å². The normalized spacial score (nSPS) is 28.8. The van der Waals surface area contributed by atoms with E-state index in [9.17, 15) is 4.79 Å². The van der Waals surface area contributed by atoms with E-state index < -0.39 is 18.4 Å². The smallest absolute Gasteiger partial charge is 0.320 e. The number of carboxylic acids is 1. The Labute approximate surface area is 59.0 Å². The predicted molar refractivity (Wildman–Crippen MR) is 34.1 cm³/mol. The standard InChI is InChI=1S/C4H9NO2S/c5-3(1-2-8)4(6)7/h3,8H,1-2,5H2,(H,6,7)/t3-/m0/s1/i1D,3D/hD2/t1?,3-. The summed E-state index contributed by atoms with van der Waals surface area (Å²) in [4.78, 5) is 10.4. The van der Waals surface area contributed by atoms with Crippen LogP contribution in [0.3, 0.4) is 0 Å². The molecule has 0 heterocycles. The van der Waals surface area contributed by atoms with Crippen LogP contribution in [0.4, 0.5) is 0 Å². The Morgan fingerprint density at radius 3 is 3.12 bits per heavy atom. The number of hydrogen-bond acceptors (Lipinski definition) is 3. The second kappa shape index (κ2) is 3.74. The fourth-order valence-corrected chi connectivity index (χ4v) is 0.347. The van der Waals surface area contributed by atoms with E-state index in [4.69, 9.17) is 10.7 Å². The molecular formula is C4H9NO2S. The molecular weight excluding hydrogens is 126 g/mol. The zero-order valence-electron chi connectivity index (χ0n) is 8.03. The Balaban J connectivity index is 4.74. The van der Waals surface area contributed by atoms with E-state index >= 15 is 0 Å². The molecule has 0 radical (unpaired) electrons. The minimum Gasteiger partial charge on any atom is -0.480 e. The molecule has 3 N–H and O–H groups in total. The SMILES string of the molecule is [2H]C(CS)[C@@]([2H])(C(=O)O)N([2H])[2H]. The van der Waals surface area contributed by atoms with Crippen molar-refractivity contribution in [3.63, 3.8) is 0 Å². The third-order valence-electron chi connectivity index (χ3n) is 0.504. The second-order valence-corrected chi connectivity index (χ2v) is 1.44. The molecule has 48 valence electrons. The molecule has 0 rings (SSSR count). The molecule has 1 unspecified atom stereocenters. The number of hydrogen-bond donors (Lipinski definition) is 3. The van der Waals surface area contributed by atoms with Gasteiger partial charge in [0.25, 0.3) is 0 Å². The lowest BCUT2D eigenvalue weighted by atomic mass is 10.2. The first-order chi connectivity index (χ1) is 5.37. The molecule has 8 heavy (non-hydrogen) atoms. The van der Waals surface area contributed by atoms with Gasteiger partial charge in [-0.15, -0.1) is 0 Å². The molecule has 0 fully saturated rings. The van der Waals surface area contributed by atoms with Crippen molar-refractivity contribution in [2.24, 2.45) is 5.72 Å². The van der Waals surface area contributed by atoms with Crippen molar-refractivity contribution in [2.75, 3.05) is 5.75 Å². The van der Waals surface area contributed by atoms with Crippen LogP contribution in [0, 0.1) is 0 Å². The molecule has 0 aliphatic carbocycles. The van der Waals surface area contributed by atoms with Gasteiger partial charge in [0.15, 0.2) is 0 Å². The molecule has 0 aliphatic heterocycles. The summed E-state index contributed by atoms with van der Waals surface area (Å²) in [6.45, 7) is 0. The monoisotopic (exact) mass is 139 g/mol. The number of nitrogens with two attached hydrogens (primary N) is 1. The zero-order valence-corrected chi connectivity index (χ0v) is 4.93. The molecule has 0 aromatic heterocycles. The summed E-state index contributed by atoms with van der Waals surface area (Å²) in [5.74, 6) is -1.88. The van der Waals surface area contributed by atoms with Crippen molar-refractivity contribution in [1.29, 1.82) is 0 Å². The van der Waals surface area contributed by atoms with Crippen molar-refractivity contribution >= 4 is 18.6 Å². The zero-order chi connectivity index (χ0) is 9.94. The van der Waals surface area contributed by atoms with Crippen LogP contribution in [-0.4, -0.2) is 22.8 Å². The van der Waals surface area contributed by atoms with Gasteiger partial charge in [-0.05, 0) is 12.1 Å². The van der Waals surface area contributed by atoms with Crippen molar-refractivity contribution in [3.05, 3.63) is 0 Å². The van der Waals surface area contributed by atoms with Crippen molar-refractivity contribution < 1.29 is 15.5 Å². The van der Waals surface area contributed by atoms with E-state index in [0.717, 1.165) is 0 Å². The van der Waals surface area contributed by atoms with E-state index in [1.165, 1.54) is 0 Å². The van der Waals surface area contributed by atoms with Crippen LogP contribution >= 0.6 is 12.6 Å². The van der Waals surface area contributed by atoms with Crippen molar-refractivity contribution in [2.45, 2.75) is 12.4 Å². The molecule has 0 aromatic carbocycles. The maximum Gasteiger partial charge on any atom is 0.320 e. The number of thiol groups is 1. The Morgan fingerprint density at radius 1 is 2.38 bits per heavy atom. The van der Waals surface area contributed by atoms with E-state index in [1.807, 2.05) is 0 Å². The van der Waals surface area contributed by atoms with Crippen LogP contribution in [0.2, 0.25) is 2.82 Å². The summed E-state index contributed by atoms with van der Waals surface area (Å²) >= 11 is 3.63. The molecule has 3 nitrogen and oxygen atoms in total. The van der Waals surface area contributed by atoms with Crippen LogP contribution in [0.1, 0.15) is 9.14 Å². The fourth-order valence-electron chi connectivity index (χ4n) is 0.174. The highest BCUT2D eigenvalue weighted by atomic mass is 32.1. The lowest BCUT2D eigenvalue weighted by Crippen LogP contribution is -2.30. The summed E-state index contributed by atoms with van der Waals surface area (Å²) in [6.07, 6.45) is -1.44. The van der Waals surface area contributed by atoms with Crippen LogP contribution in [-0.2, 0) is 4.79 Å². The first-order valence-electron chi connectivity index (χ1n) is 3.89. The van der Waals surface area contributed by atoms with Gasteiger partial charge in [-0.2, -0.15) is 12.6 Å². The summed E-state index contributed by atoms with van der Waals surface area (Å²) in [7, 11) is 0. The fraction of sp³-hybridized carbons (Fsp3) is 0.750. The van der Waals surface area contributed by atoms with Gasteiger partial charge in [0.2, 0.25) is 0 Å². The maximum absolute atomic E-state index is 10.4. The Kier molecular flexibility index (Phi) is 1.44. The van der Waals surface area contributed by atoms with E-state index in [1.54, 1.807) is 0 Å². The highest BCUT2D eigenvalue weighted by Gasteiger charge is 2.08. The molecule has 0 aliphatic rings. The summed E-state index contributed by atoms with van der Waals surface area (Å²) < 4.78 is 27.6. The molecule has 0 aromatic rings. The van der Waals surface area contributed by atoms with Crippen molar-refractivity contribution in [1.82, 2.24) is 0 Å². The summed E-state index contributed by atoms with van der Waals surface area (Å²) in [5.41, 5.74) is -0.302. The minimum atomic E-state index is -2.57. The van der Waals surface area contributed by atoms with E-state index in [0.29, 0.717) is 0 Å². The van der Waals surface area contributed by atoms with Gasteiger partial charge in [-0.1, -0.05) is 0 Å². The molecule has 4 heteroatoms. The van der Waals surface area contributed by atoms with Gasteiger partial charge >= 0.3 is 5.97 Å². The molecule has 0 bridgehead atoms. The maximum atomic E-state index is 10.4. The summed E-state index contributed by atoms with van der Waals surface area (Å²) in [5, 5.41) is 8.48. The summed E-state index contributed by atoms with van der Waals surface area (Å²) in [6, 6.07) is -2.57. The molecule has 2 atom stereocenters. The van der Waals surface area contributed by atoms with Gasteiger partial charge in [0.1, 0.15) is 8.84 Å². The first kappa shape index (κ1) is 3.08. The molecule has 0 amide bonds. The Bertz CT molecular complexity index is 180. The van der Waals surface area contributed by atoms with E-state index in [-0.39, 0.29) is 11.5 Å². The average molecular weight is 139 g/mol. The largest absolute Gasteiger partial charge is 0.480 e. The van der Waals surface area contributed by atoms with Gasteiger partial charge in [-0.25, -0.2) is 0 Å². The topological polar surface area (TPSA) is 63.3 Å². The molecule has 0 saturated carbocycles. The Hall–Kier alpha value is -0.220. The van der Waals surface area contributed by atoms with E-state index in [2.05, 4.69) is 12.6 Å². The third kappa shape index (κ3) is 2.87. The van der Waals surface area contributed by atoms with Crippen LogP contribution < -0.4 is 5.72 Å². The van der Waals surface area contributed by atoms with Gasteiger partial charge in [-0.3, -0.25) is 4.79 Å².